The molecule has 1 aromatic heterocycles. The molecule has 0 amide bonds. The number of hydrogen-bond acceptors (Lipinski definition) is 8. The second-order valence-electron chi connectivity index (χ2n) is 8.16. The van der Waals surface area contributed by atoms with Gasteiger partial charge in [0.1, 0.15) is 11.4 Å². The molecule has 1 aliphatic rings. The van der Waals surface area contributed by atoms with Gasteiger partial charge in [-0.1, -0.05) is 0 Å². The van der Waals surface area contributed by atoms with Gasteiger partial charge in [-0.15, -0.1) is 0 Å². The Bertz CT molecular complexity index is 1220. The summed E-state index contributed by atoms with van der Waals surface area (Å²) in [6, 6.07) is 14.0. The van der Waals surface area contributed by atoms with Crippen LogP contribution in [0.4, 0.5) is 5.69 Å². The number of sulfonamides is 1. The van der Waals surface area contributed by atoms with E-state index in [9.17, 15) is 13.2 Å². The van der Waals surface area contributed by atoms with Gasteiger partial charge in [0.05, 0.1) is 11.0 Å². The lowest BCUT2D eigenvalue weighted by Crippen LogP contribution is -2.48. The Hall–Kier alpha value is -3.57. The van der Waals surface area contributed by atoms with E-state index < -0.39 is 10.0 Å². The molecule has 10 nitrogen and oxygen atoms in total. The van der Waals surface area contributed by atoms with Crippen molar-refractivity contribution in [3.8, 4) is 17.2 Å². The molecule has 186 valence electrons. The van der Waals surface area contributed by atoms with Crippen molar-refractivity contribution in [1.29, 1.82) is 0 Å². The van der Waals surface area contributed by atoms with Gasteiger partial charge in [0.25, 0.3) is 6.47 Å². The molecule has 0 saturated carbocycles. The third-order valence-corrected chi connectivity index (χ3v) is 7.40. The first-order chi connectivity index (χ1) is 16.9. The highest BCUT2D eigenvalue weighted by molar-refractivity contribution is 7.89. The highest BCUT2D eigenvalue weighted by Gasteiger charge is 2.29. The maximum Gasteiger partial charge on any atom is 0.295 e. The number of benzene rings is 2. The van der Waals surface area contributed by atoms with Crippen LogP contribution < -0.4 is 14.4 Å². The lowest BCUT2D eigenvalue weighted by molar-refractivity contribution is -0.134. The van der Waals surface area contributed by atoms with Gasteiger partial charge in [0.15, 0.2) is 5.75 Å². The lowest BCUT2D eigenvalue weighted by Gasteiger charge is -2.35. The monoisotopic (exact) mass is 500 g/mol. The van der Waals surface area contributed by atoms with Gasteiger partial charge >= 0.3 is 0 Å². The topological polar surface area (TPSA) is 103 Å². The summed E-state index contributed by atoms with van der Waals surface area (Å²) in [7, 11) is -3.61. The average Bonchev–Trinajstić information content (AvgIpc) is 3.39. The first-order valence-corrected chi connectivity index (χ1v) is 12.7. The number of aromatic nitrogens is 2. The van der Waals surface area contributed by atoms with E-state index in [1.54, 1.807) is 47.4 Å². The largest absolute Gasteiger partial charge is 0.491 e. The molecule has 0 unspecified atom stereocenters. The van der Waals surface area contributed by atoms with Crippen LogP contribution in [-0.2, 0) is 19.6 Å². The Morgan fingerprint density at radius 2 is 1.80 bits per heavy atom. The summed E-state index contributed by atoms with van der Waals surface area (Å²) in [5, 5.41) is 4.23. The molecular formula is C24H28N4O6S. The number of anilines is 1. The third kappa shape index (κ3) is 5.75. The van der Waals surface area contributed by atoms with Crippen molar-refractivity contribution < 1.29 is 27.4 Å². The zero-order chi connectivity index (χ0) is 24.8. The van der Waals surface area contributed by atoms with E-state index in [2.05, 4.69) is 14.7 Å². The number of piperazine rings is 1. The smallest absolute Gasteiger partial charge is 0.295 e. The summed E-state index contributed by atoms with van der Waals surface area (Å²) in [5.41, 5.74) is 1.56. The molecule has 1 aliphatic heterocycles. The van der Waals surface area contributed by atoms with Crippen LogP contribution in [0.5, 0.6) is 11.5 Å². The molecule has 1 saturated heterocycles. The van der Waals surface area contributed by atoms with Gasteiger partial charge in [-0.3, -0.25) is 4.79 Å². The number of nitrogens with zero attached hydrogens (tertiary/aromatic N) is 4. The summed E-state index contributed by atoms with van der Waals surface area (Å²) in [6.07, 6.45) is 3.46. The molecule has 0 radical (unpaired) electrons. The van der Waals surface area contributed by atoms with Crippen LogP contribution in [0.3, 0.4) is 0 Å². The number of hydrogen-bond donors (Lipinski definition) is 0. The van der Waals surface area contributed by atoms with Crippen LogP contribution in [0.25, 0.3) is 5.69 Å². The standard InChI is InChI=1S/C24H28N4O6S/c1-19(2)34-21-5-7-22(8-6-21)35(30,31)27-14-12-26(13-15-27)20-4-9-23(28-11-3-10-25-28)24(16-20)33-18-32-17-29/h3-11,16-17,19H,12-15,18H2,1-2H3. The minimum atomic E-state index is -3.61. The molecule has 1 fully saturated rings. The molecule has 0 atom stereocenters. The summed E-state index contributed by atoms with van der Waals surface area (Å²) >= 11 is 0. The average molecular weight is 501 g/mol. The number of ether oxygens (including phenoxy) is 3. The van der Waals surface area contributed by atoms with Crippen LogP contribution in [0.15, 0.2) is 65.8 Å². The molecule has 4 rings (SSSR count). The fraction of sp³-hybridized carbons (Fsp3) is 0.333. The highest BCUT2D eigenvalue weighted by Crippen LogP contribution is 2.30. The summed E-state index contributed by atoms with van der Waals surface area (Å²) < 4.78 is 45.4. The maximum absolute atomic E-state index is 13.1. The Kier molecular flexibility index (Phi) is 7.57. The SMILES string of the molecule is CC(C)Oc1ccc(S(=O)(=O)N2CCN(c3ccc(-n4cccn4)c(OCOC=O)c3)CC2)cc1. The predicted molar refractivity (Wildman–Crippen MR) is 129 cm³/mol. The van der Waals surface area contributed by atoms with Crippen molar-refractivity contribution in [3.63, 3.8) is 0 Å². The second-order valence-corrected chi connectivity index (χ2v) is 10.1. The second kappa shape index (κ2) is 10.8. The van der Waals surface area contributed by atoms with Crippen molar-refractivity contribution in [1.82, 2.24) is 14.1 Å². The minimum Gasteiger partial charge on any atom is -0.491 e. The van der Waals surface area contributed by atoms with E-state index in [0.29, 0.717) is 49.8 Å². The summed E-state index contributed by atoms with van der Waals surface area (Å²) in [4.78, 5) is 12.8. The van der Waals surface area contributed by atoms with Crippen LogP contribution in [-0.4, -0.2) is 68.1 Å². The van der Waals surface area contributed by atoms with Crippen LogP contribution in [0.2, 0.25) is 0 Å². The molecule has 0 spiro atoms. The van der Waals surface area contributed by atoms with E-state index >= 15 is 0 Å². The van der Waals surface area contributed by atoms with Gasteiger partial charge in [0, 0.05) is 50.3 Å². The quantitative estimate of drug-likeness (QED) is 0.238. The molecule has 2 aromatic carbocycles. The maximum atomic E-state index is 13.1. The molecule has 35 heavy (non-hydrogen) atoms. The molecule has 0 N–H and O–H groups in total. The van der Waals surface area contributed by atoms with E-state index in [1.165, 1.54) is 4.31 Å². The Morgan fingerprint density at radius 1 is 1.06 bits per heavy atom. The minimum absolute atomic E-state index is 0.0163. The number of carbonyl (C=O) groups excluding carboxylic acids is 1. The van der Waals surface area contributed by atoms with E-state index in [1.807, 2.05) is 32.0 Å². The Balaban J connectivity index is 1.45. The zero-order valence-corrected chi connectivity index (χ0v) is 20.4. The van der Waals surface area contributed by atoms with Gasteiger partial charge < -0.3 is 19.1 Å². The van der Waals surface area contributed by atoms with E-state index in [4.69, 9.17) is 9.47 Å². The first-order valence-electron chi connectivity index (χ1n) is 11.2. The van der Waals surface area contributed by atoms with Crippen molar-refractivity contribution >= 4 is 22.2 Å². The van der Waals surface area contributed by atoms with E-state index in [-0.39, 0.29) is 17.8 Å². The zero-order valence-electron chi connectivity index (χ0n) is 19.6. The van der Waals surface area contributed by atoms with E-state index in [0.717, 1.165) is 5.69 Å². The molecular weight excluding hydrogens is 472 g/mol. The number of carbonyl (C=O) groups is 1. The van der Waals surface area contributed by atoms with Crippen molar-refractivity contribution in [3.05, 3.63) is 60.9 Å². The highest BCUT2D eigenvalue weighted by atomic mass is 32.2. The van der Waals surface area contributed by atoms with Gasteiger partial charge in [-0.05, 0) is 56.3 Å². The Morgan fingerprint density at radius 3 is 2.43 bits per heavy atom. The summed E-state index contributed by atoms with van der Waals surface area (Å²) in [5.74, 6) is 1.13. The molecule has 0 aliphatic carbocycles. The fourth-order valence-electron chi connectivity index (χ4n) is 3.84. The Labute approximate surface area is 204 Å². The van der Waals surface area contributed by atoms with Crippen molar-refractivity contribution in [2.45, 2.75) is 24.8 Å². The van der Waals surface area contributed by atoms with Crippen LogP contribution >= 0.6 is 0 Å². The molecule has 3 aromatic rings. The third-order valence-electron chi connectivity index (χ3n) is 5.48. The number of rotatable bonds is 10. The van der Waals surface area contributed by atoms with Crippen LogP contribution in [0, 0.1) is 0 Å². The lowest BCUT2D eigenvalue weighted by atomic mass is 10.2. The summed E-state index contributed by atoms with van der Waals surface area (Å²) in [6.45, 7) is 5.65. The first kappa shape index (κ1) is 24.6. The van der Waals surface area contributed by atoms with Crippen LogP contribution in [0.1, 0.15) is 13.8 Å². The molecule has 0 bridgehead atoms. The van der Waals surface area contributed by atoms with Gasteiger partial charge in [-0.2, -0.15) is 9.40 Å². The van der Waals surface area contributed by atoms with Crippen molar-refractivity contribution in [2.75, 3.05) is 37.9 Å². The normalized spacial score (nSPS) is 14.7. The predicted octanol–water partition coefficient (Wildman–Crippen LogP) is 2.68. The van der Waals surface area contributed by atoms with Gasteiger partial charge in [0.2, 0.25) is 16.8 Å². The fourth-order valence-corrected chi connectivity index (χ4v) is 5.26. The molecule has 11 heteroatoms. The molecule has 2 heterocycles. The van der Waals surface area contributed by atoms with Crippen molar-refractivity contribution in [2.24, 2.45) is 0 Å². The van der Waals surface area contributed by atoms with Gasteiger partial charge in [-0.25, -0.2) is 13.1 Å².